The molecule has 1 heterocycles. The highest BCUT2D eigenvalue weighted by molar-refractivity contribution is 8.00. The van der Waals surface area contributed by atoms with Crippen molar-refractivity contribution in [3.63, 3.8) is 0 Å². The van der Waals surface area contributed by atoms with Gasteiger partial charge in [0.15, 0.2) is 0 Å². The van der Waals surface area contributed by atoms with Gasteiger partial charge in [-0.1, -0.05) is 49.2 Å². The molecule has 1 aliphatic heterocycles. The topological polar surface area (TPSA) is 78.5 Å². The Morgan fingerprint density at radius 2 is 1.47 bits per heavy atom. The van der Waals surface area contributed by atoms with Crippen LogP contribution in [0.15, 0.2) is 65.6 Å². The summed E-state index contributed by atoms with van der Waals surface area (Å²) in [5.74, 6) is 0.161. The molecule has 7 heteroatoms. The highest BCUT2D eigenvalue weighted by atomic mass is 32.2. The van der Waals surface area contributed by atoms with Crippen molar-refractivity contribution in [1.29, 1.82) is 0 Å². The Morgan fingerprint density at radius 3 is 2.18 bits per heavy atom. The summed E-state index contributed by atoms with van der Waals surface area (Å²) in [6, 6.07) is 18.9. The molecule has 1 aliphatic carbocycles. The number of thioether (sulfide) groups is 1. The molecule has 3 amide bonds. The minimum absolute atomic E-state index is 0.000859. The number of nitrogens with one attached hydrogen (secondary N) is 2. The molecular formula is C27H33N3O3S. The van der Waals surface area contributed by atoms with Crippen molar-refractivity contribution in [2.75, 3.05) is 18.8 Å². The summed E-state index contributed by atoms with van der Waals surface area (Å²) in [6.45, 7) is 1.17. The van der Waals surface area contributed by atoms with Gasteiger partial charge in [-0.15, -0.1) is 11.8 Å². The van der Waals surface area contributed by atoms with Gasteiger partial charge < -0.3 is 15.5 Å². The fraction of sp³-hybridized carbons (Fsp3) is 0.444. The van der Waals surface area contributed by atoms with Crippen LogP contribution in [0.5, 0.6) is 0 Å². The Balaban J connectivity index is 1.29. The molecule has 1 saturated carbocycles. The van der Waals surface area contributed by atoms with Gasteiger partial charge in [0, 0.05) is 35.6 Å². The second kappa shape index (κ2) is 12.1. The van der Waals surface area contributed by atoms with Gasteiger partial charge in [-0.2, -0.15) is 0 Å². The summed E-state index contributed by atoms with van der Waals surface area (Å²) in [4.78, 5) is 41.5. The van der Waals surface area contributed by atoms with Gasteiger partial charge in [0.2, 0.25) is 11.8 Å². The number of hydrogen-bond acceptors (Lipinski definition) is 4. The first-order chi connectivity index (χ1) is 16.6. The second-order valence-corrected chi connectivity index (χ2v) is 10.2. The van der Waals surface area contributed by atoms with E-state index < -0.39 is 0 Å². The average molecular weight is 480 g/mol. The molecule has 0 bridgehead atoms. The monoisotopic (exact) mass is 479 g/mol. The van der Waals surface area contributed by atoms with E-state index in [9.17, 15) is 14.4 Å². The van der Waals surface area contributed by atoms with Crippen molar-refractivity contribution in [1.82, 2.24) is 15.5 Å². The van der Waals surface area contributed by atoms with Crippen LogP contribution in [0, 0.1) is 5.92 Å². The number of likely N-dealkylation sites (tertiary alicyclic amines) is 1. The fourth-order valence-corrected chi connectivity index (χ4v) is 5.61. The summed E-state index contributed by atoms with van der Waals surface area (Å²) in [5, 5.41) is 6.35. The predicted octanol–water partition coefficient (Wildman–Crippen LogP) is 3.87. The molecule has 2 fully saturated rings. The van der Waals surface area contributed by atoms with Crippen LogP contribution in [0.4, 0.5) is 0 Å². The SMILES string of the molecule is O=C(N[C@@H]1CCCC[C@H]1NC(=O)[C@H]1CCCN(C(=O)CSc2ccccc2)C1)c1ccccc1. The maximum atomic E-state index is 13.1. The highest BCUT2D eigenvalue weighted by Crippen LogP contribution is 2.23. The van der Waals surface area contributed by atoms with Crippen LogP contribution in [0.25, 0.3) is 0 Å². The van der Waals surface area contributed by atoms with E-state index in [1.165, 1.54) is 11.8 Å². The normalized spacial score (nSPS) is 22.6. The lowest BCUT2D eigenvalue weighted by Gasteiger charge is -2.36. The van der Waals surface area contributed by atoms with Crippen LogP contribution in [-0.4, -0.2) is 53.5 Å². The molecule has 2 aromatic rings. The van der Waals surface area contributed by atoms with Crippen LogP contribution in [0.3, 0.4) is 0 Å². The van der Waals surface area contributed by atoms with Crippen LogP contribution in [0.1, 0.15) is 48.9 Å². The Morgan fingerprint density at radius 1 is 0.824 bits per heavy atom. The molecule has 34 heavy (non-hydrogen) atoms. The summed E-state index contributed by atoms with van der Waals surface area (Å²) < 4.78 is 0. The second-order valence-electron chi connectivity index (χ2n) is 9.13. The Hall–Kier alpha value is -2.80. The molecule has 0 radical (unpaired) electrons. The van der Waals surface area contributed by atoms with E-state index in [1.807, 2.05) is 53.4 Å². The number of hydrogen-bond donors (Lipinski definition) is 2. The van der Waals surface area contributed by atoms with Gasteiger partial charge in [0.05, 0.1) is 11.7 Å². The third kappa shape index (κ3) is 6.63. The first-order valence-corrected chi connectivity index (χ1v) is 13.2. The molecule has 2 aliphatic rings. The molecule has 0 spiro atoms. The number of carbonyl (C=O) groups excluding carboxylic acids is 3. The number of piperidine rings is 1. The zero-order valence-electron chi connectivity index (χ0n) is 19.4. The van der Waals surface area contributed by atoms with E-state index in [-0.39, 0.29) is 35.7 Å². The standard InChI is InChI=1S/C27H33N3O3S/c31-25(19-34-22-13-5-2-6-14-22)30-17-9-12-21(18-30)27(33)29-24-16-8-7-15-23(24)28-26(32)20-10-3-1-4-11-20/h1-6,10-11,13-14,21,23-24H,7-9,12,15-19H2,(H,28,32)(H,29,33)/t21-,23+,24+/m0/s1. The molecular weight excluding hydrogens is 446 g/mol. The lowest BCUT2D eigenvalue weighted by Crippen LogP contribution is -2.55. The zero-order chi connectivity index (χ0) is 23.8. The number of nitrogens with zero attached hydrogens (tertiary/aromatic N) is 1. The smallest absolute Gasteiger partial charge is 0.251 e. The quantitative estimate of drug-likeness (QED) is 0.591. The largest absolute Gasteiger partial charge is 0.351 e. The third-order valence-electron chi connectivity index (χ3n) is 6.70. The highest BCUT2D eigenvalue weighted by Gasteiger charge is 2.33. The summed E-state index contributed by atoms with van der Waals surface area (Å²) in [6.07, 6.45) is 5.41. The van der Waals surface area contributed by atoms with Crippen molar-refractivity contribution in [3.8, 4) is 0 Å². The Kier molecular flexibility index (Phi) is 8.63. The van der Waals surface area contributed by atoms with Gasteiger partial charge in [-0.3, -0.25) is 14.4 Å². The Labute approximate surface area is 205 Å². The molecule has 0 unspecified atom stereocenters. The Bertz CT molecular complexity index is 970. The maximum Gasteiger partial charge on any atom is 0.251 e. The maximum absolute atomic E-state index is 13.1. The lowest BCUT2D eigenvalue weighted by atomic mass is 9.88. The molecule has 3 atom stereocenters. The van der Waals surface area contributed by atoms with Gasteiger partial charge in [0.25, 0.3) is 5.91 Å². The fourth-order valence-electron chi connectivity index (χ4n) is 4.79. The molecule has 1 saturated heterocycles. The van der Waals surface area contributed by atoms with Crippen LogP contribution in [0.2, 0.25) is 0 Å². The summed E-state index contributed by atoms with van der Waals surface area (Å²) in [5.41, 5.74) is 0.632. The van der Waals surface area contributed by atoms with Crippen molar-refractivity contribution in [3.05, 3.63) is 66.2 Å². The molecule has 180 valence electrons. The molecule has 2 N–H and O–H groups in total. The zero-order valence-corrected chi connectivity index (χ0v) is 20.3. The van der Waals surface area contributed by atoms with Crippen LogP contribution < -0.4 is 10.6 Å². The first-order valence-electron chi connectivity index (χ1n) is 12.2. The van der Waals surface area contributed by atoms with Crippen LogP contribution >= 0.6 is 11.8 Å². The molecule has 0 aromatic heterocycles. The number of amides is 3. The van der Waals surface area contributed by atoms with E-state index in [2.05, 4.69) is 10.6 Å². The summed E-state index contributed by atoms with van der Waals surface area (Å²) in [7, 11) is 0. The number of benzene rings is 2. The van der Waals surface area contributed by atoms with Gasteiger partial charge in [-0.05, 0) is 49.9 Å². The molecule has 6 nitrogen and oxygen atoms in total. The van der Waals surface area contributed by atoms with E-state index in [0.29, 0.717) is 24.4 Å². The van der Waals surface area contributed by atoms with Gasteiger partial charge in [-0.25, -0.2) is 0 Å². The lowest BCUT2D eigenvalue weighted by molar-refractivity contribution is -0.134. The van der Waals surface area contributed by atoms with E-state index in [4.69, 9.17) is 0 Å². The van der Waals surface area contributed by atoms with Crippen molar-refractivity contribution >= 4 is 29.5 Å². The van der Waals surface area contributed by atoms with E-state index in [1.54, 1.807) is 12.1 Å². The molecule has 2 aromatic carbocycles. The molecule has 4 rings (SSSR count). The predicted molar refractivity (Wildman–Crippen MR) is 135 cm³/mol. The minimum Gasteiger partial charge on any atom is -0.351 e. The van der Waals surface area contributed by atoms with E-state index in [0.717, 1.165) is 43.4 Å². The average Bonchev–Trinajstić information content (AvgIpc) is 2.89. The van der Waals surface area contributed by atoms with Crippen molar-refractivity contribution < 1.29 is 14.4 Å². The first kappa shape index (κ1) is 24.3. The van der Waals surface area contributed by atoms with Crippen LogP contribution in [-0.2, 0) is 9.59 Å². The van der Waals surface area contributed by atoms with Crippen molar-refractivity contribution in [2.24, 2.45) is 5.92 Å². The number of rotatable bonds is 7. The van der Waals surface area contributed by atoms with E-state index >= 15 is 0 Å². The van der Waals surface area contributed by atoms with Gasteiger partial charge in [0.1, 0.15) is 0 Å². The number of carbonyl (C=O) groups is 3. The summed E-state index contributed by atoms with van der Waals surface area (Å²) >= 11 is 1.53. The minimum atomic E-state index is -0.202. The van der Waals surface area contributed by atoms with Gasteiger partial charge >= 0.3 is 0 Å². The van der Waals surface area contributed by atoms with Crippen molar-refractivity contribution in [2.45, 2.75) is 55.5 Å². The third-order valence-corrected chi connectivity index (χ3v) is 7.69.